The quantitative estimate of drug-likeness (QED) is 0.366. The fraction of sp³-hybridized carbons (Fsp3) is 0.333. The zero-order valence-electron chi connectivity index (χ0n) is 18.1. The Bertz CT molecular complexity index is 924. The highest BCUT2D eigenvalue weighted by Crippen LogP contribution is 2.38. The van der Waals surface area contributed by atoms with Gasteiger partial charge in [0.2, 0.25) is 0 Å². The van der Waals surface area contributed by atoms with Gasteiger partial charge in [0.1, 0.15) is 24.0 Å². The number of rotatable bonds is 7. The number of nitrogens with zero attached hydrogens (tertiary/aromatic N) is 1. The standard InChI is InChI=1S/C27H31FNO.HI/c1-29(21-24-15-8-9-16-25(24)28)18-10-17-26(29)27(30,19-22-11-4-2-5-12-22)20-23-13-6-3-7-14-23;/h2-9,11-16,26,30H,10,17-21H2,1H3;1H/q+1;/p-1. The maximum Gasteiger partial charge on any atom is 0.132 e. The Kier molecular flexibility index (Phi) is 7.89. The van der Waals surface area contributed by atoms with Gasteiger partial charge in [-0.05, 0) is 17.2 Å². The first-order valence-electron chi connectivity index (χ1n) is 10.9. The topological polar surface area (TPSA) is 20.2 Å². The van der Waals surface area contributed by atoms with E-state index >= 15 is 0 Å². The van der Waals surface area contributed by atoms with E-state index in [9.17, 15) is 9.50 Å². The largest absolute Gasteiger partial charge is 1.00 e. The van der Waals surface area contributed by atoms with E-state index in [-0.39, 0.29) is 35.8 Å². The van der Waals surface area contributed by atoms with E-state index in [1.165, 1.54) is 6.07 Å². The van der Waals surface area contributed by atoms with Crippen LogP contribution in [-0.2, 0) is 19.4 Å². The Morgan fingerprint density at radius 2 is 1.39 bits per heavy atom. The van der Waals surface area contributed by atoms with Gasteiger partial charge in [0.05, 0.1) is 13.6 Å². The highest BCUT2D eigenvalue weighted by molar-refractivity contribution is 5.23. The van der Waals surface area contributed by atoms with E-state index in [2.05, 4.69) is 31.3 Å². The second kappa shape index (κ2) is 10.2. The molecule has 1 fully saturated rings. The SMILES string of the molecule is C[N+]1(Cc2ccccc2F)CCCC1C(O)(Cc1ccccc1)Cc1ccccc1.[I-]. The summed E-state index contributed by atoms with van der Waals surface area (Å²) in [4.78, 5) is 0. The van der Waals surface area contributed by atoms with Crippen LogP contribution in [-0.4, -0.2) is 34.8 Å². The van der Waals surface area contributed by atoms with Crippen LogP contribution in [0.15, 0.2) is 84.9 Å². The van der Waals surface area contributed by atoms with Crippen LogP contribution in [0.5, 0.6) is 0 Å². The number of likely N-dealkylation sites (tertiary alicyclic amines) is 1. The highest BCUT2D eigenvalue weighted by atomic mass is 127. The molecular weight excluding hydrogens is 500 g/mol. The van der Waals surface area contributed by atoms with Gasteiger partial charge in [0, 0.05) is 31.2 Å². The lowest BCUT2D eigenvalue weighted by Gasteiger charge is -2.45. The molecule has 1 heterocycles. The van der Waals surface area contributed by atoms with Crippen molar-refractivity contribution in [1.82, 2.24) is 0 Å². The molecule has 0 amide bonds. The molecule has 4 rings (SSSR count). The fourth-order valence-corrected chi connectivity index (χ4v) is 5.36. The maximum absolute atomic E-state index is 14.5. The average molecular weight is 531 g/mol. The normalized spacial score (nSPS) is 20.9. The van der Waals surface area contributed by atoms with E-state index in [1.807, 2.05) is 48.5 Å². The van der Waals surface area contributed by atoms with Gasteiger partial charge in [0.25, 0.3) is 0 Å². The number of quaternary nitrogens is 1. The van der Waals surface area contributed by atoms with E-state index < -0.39 is 5.60 Å². The molecule has 2 nitrogen and oxygen atoms in total. The third-order valence-electron chi connectivity index (χ3n) is 6.71. The predicted molar refractivity (Wildman–Crippen MR) is 119 cm³/mol. The Balaban J connectivity index is 0.00000272. The second-order valence-corrected chi connectivity index (χ2v) is 9.04. The number of benzene rings is 3. The molecule has 0 radical (unpaired) electrons. The molecule has 1 aliphatic rings. The van der Waals surface area contributed by atoms with Crippen molar-refractivity contribution >= 4 is 0 Å². The highest BCUT2D eigenvalue weighted by Gasteiger charge is 2.51. The number of halogens is 2. The van der Waals surface area contributed by atoms with Gasteiger partial charge in [-0.1, -0.05) is 78.9 Å². The molecular formula is C27H31FINO. The van der Waals surface area contributed by atoms with Crippen LogP contribution in [0.4, 0.5) is 4.39 Å². The van der Waals surface area contributed by atoms with Gasteiger partial charge in [-0.25, -0.2) is 4.39 Å². The van der Waals surface area contributed by atoms with Crippen molar-refractivity contribution < 1.29 is 38.0 Å². The van der Waals surface area contributed by atoms with Crippen LogP contribution in [0.25, 0.3) is 0 Å². The lowest BCUT2D eigenvalue weighted by atomic mass is 9.80. The van der Waals surface area contributed by atoms with Crippen LogP contribution in [0.1, 0.15) is 29.5 Å². The Morgan fingerprint density at radius 3 is 1.94 bits per heavy atom. The number of hydrogen-bond acceptors (Lipinski definition) is 1. The summed E-state index contributed by atoms with van der Waals surface area (Å²) in [5.74, 6) is -0.155. The van der Waals surface area contributed by atoms with Crippen molar-refractivity contribution in [3.05, 3.63) is 107 Å². The van der Waals surface area contributed by atoms with Crippen LogP contribution in [0.3, 0.4) is 0 Å². The lowest BCUT2D eigenvalue weighted by Crippen LogP contribution is -3.00. The zero-order valence-corrected chi connectivity index (χ0v) is 20.2. The molecule has 2 atom stereocenters. The van der Waals surface area contributed by atoms with Crippen molar-refractivity contribution in [1.29, 1.82) is 0 Å². The summed E-state index contributed by atoms with van der Waals surface area (Å²) in [6, 6.07) is 27.6. The van der Waals surface area contributed by atoms with Crippen LogP contribution in [0, 0.1) is 5.82 Å². The van der Waals surface area contributed by atoms with Gasteiger partial charge in [-0.15, -0.1) is 0 Å². The summed E-state index contributed by atoms with van der Waals surface area (Å²) < 4.78 is 15.1. The molecule has 1 N–H and O–H groups in total. The number of aliphatic hydroxyl groups is 1. The molecule has 0 aromatic heterocycles. The van der Waals surface area contributed by atoms with Crippen molar-refractivity contribution in [3.8, 4) is 0 Å². The molecule has 4 heteroatoms. The molecule has 0 spiro atoms. The Labute approximate surface area is 202 Å². The van der Waals surface area contributed by atoms with E-state index in [1.54, 1.807) is 6.07 Å². The third-order valence-corrected chi connectivity index (χ3v) is 6.71. The number of likely N-dealkylation sites (N-methyl/N-ethyl adjacent to an activating group) is 1. The summed E-state index contributed by atoms with van der Waals surface area (Å²) in [6.07, 6.45) is 3.18. The molecule has 0 bridgehead atoms. The van der Waals surface area contributed by atoms with Gasteiger partial charge >= 0.3 is 0 Å². The monoisotopic (exact) mass is 531 g/mol. The van der Waals surface area contributed by atoms with Crippen molar-refractivity contribution in [2.75, 3.05) is 13.6 Å². The molecule has 3 aromatic rings. The maximum atomic E-state index is 14.5. The molecule has 31 heavy (non-hydrogen) atoms. The van der Waals surface area contributed by atoms with Gasteiger partial charge in [-0.3, -0.25) is 0 Å². The fourth-order valence-electron chi connectivity index (χ4n) is 5.36. The summed E-state index contributed by atoms with van der Waals surface area (Å²) in [5, 5.41) is 12.2. The molecule has 3 aromatic carbocycles. The van der Waals surface area contributed by atoms with E-state index in [0.717, 1.165) is 36.1 Å². The summed E-state index contributed by atoms with van der Waals surface area (Å²) in [6.45, 7) is 1.55. The third kappa shape index (κ3) is 5.54. The molecule has 164 valence electrons. The minimum absolute atomic E-state index is 0. The minimum atomic E-state index is -0.904. The van der Waals surface area contributed by atoms with Gasteiger partial charge in [-0.2, -0.15) is 0 Å². The average Bonchev–Trinajstić information content (AvgIpc) is 3.13. The molecule has 1 saturated heterocycles. The Hall–Kier alpha value is -1.76. The van der Waals surface area contributed by atoms with Crippen LogP contribution in [0.2, 0.25) is 0 Å². The molecule has 1 aliphatic heterocycles. The summed E-state index contributed by atoms with van der Waals surface area (Å²) in [7, 11) is 2.19. The Morgan fingerprint density at radius 1 is 0.871 bits per heavy atom. The van der Waals surface area contributed by atoms with Gasteiger partial charge < -0.3 is 33.6 Å². The summed E-state index contributed by atoms with van der Waals surface area (Å²) in [5.41, 5.74) is 2.10. The molecule has 0 aliphatic carbocycles. The zero-order chi connectivity index (χ0) is 21.0. The lowest BCUT2D eigenvalue weighted by molar-refractivity contribution is -0.940. The summed E-state index contributed by atoms with van der Waals surface area (Å²) >= 11 is 0. The van der Waals surface area contributed by atoms with E-state index in [0.29, 0.717) is 23.9 Å². The smallest absolute Gasteiger partial charge is 0.132 e. The first kappa shape index (κ1) is 23.9. The molecule has 0 saturated carbocycles. The first-order chi connectivity index (χ1) is 14.5. The van der Waals surface area contributed by atoms with Crippen molar-refractivity contribution in [3.63, 3.8) is 0 Å². The number of hydrogen-bond donors (Lipinski definition) is 1. The molecule has 2 unspecified atom stereocenters. The predicted octanol–water partition coefficient (Wildman–Crippen LogP) is 2.16. The van der Waals surface area contributed by atoms with Crippen molar-refractivity contribution in [2.24, 2.45) is 0 Å². The van der Waals surface area contributed by atoms with Gasteiger partial charge in [0.15, 0.2) is 0 Å². The minimum Gasteiger partial charge on any atom is -1.00 e. The van der Waals surface area contributed by atoms with Crippen LogP contribution < -0.4 is 24.0 Å². The first-order valence-corrected chi connectivity index (χ1v) is 10.9. The van der Waals surface area contributed by atoms with Crippen LogP contribution >= 0.6 is 0 Å². The van der Waals surface area contributed by atoms with E-state index in [4.69, 9.17) is 0 Å². The second-order valence-electron chi connectivity index (χ2n) is 9.04. The van der Waals surface area contributed by atoms with Crippen molar-refractivity contribution in [2.45, 2.75) is 43.9 Å².